The highest BCUT2D eigenvalue weighted by atomic mass is 16.4. The fraction of sp³-hybridized carbons (Fsp3) is 0.920. The molecular formula is C25H50N2O3. The predicted octanol–water partition coefficient (Wildman–Crippen LogP) is 6.34. The molecule has 0 aliphatic carbocycles. The summed E-state index contributed by atoms with van der Waals surface area (Å²) >= 11 is 0. The number of rotatable bonds is 23. The smallest absolute Gasteiger partial charge is 0.326 e. The van der Waals surface area contributed by atoms with Gasteiger partial charge in [-0.3, -0.25) is 4.79 Å². The Hall–Kier alpha value is -1.10. The van der Waals surface area contributed by atoms with Gasteiger partial charge in [0.05, 0.1) is 0 Å². The molecule has 0 unspecified atom stereocenters. The van der Waals surface area contributed by atoms with Crippen molar-refractivity contribution in [2.24, 2.45) is 5.73 Å². The maximum absolute atomic E-state index is 11.9. The monoisotopic (exact) mass is 426 g/mol. The van der Waals surface area contributed by atoms with Gasteiger partial charge < -0.3 is 16.2 Å². The number of aliphatic carboxylic acids is 1. The summed E-state index contributed by atoms with van der Waals surface area (Å²) in [5, 5.41) is 11.8. The topological polar surface area (TPSA) is 92.4 Å². The van der Waals surface area contributed by atoms with Crippen molar-refractivity contribution in [3.05, 3.63) is 0 Å². The molecule has 0 fully saturated rings. The van der Waals surface area contributed by atoms with Gasteiger partial charge in [-0.25, -0.2) is 4.79 Å². The van der Waals surface area contributed by atoms with Gasteiger partial charge in [0, 0.05) is 6.42 Å². The molecule has 0 radical (unpaired) electrons. The quantitative estimate of drug-likeness (QED) is 0.166. The van der Waals surface area contributed by atoms with Crippen LogP contribution >= 0.6 is 0 Å². The van der Waals surface area contributed by atoms with Crippen molar-refractivity contribution in [3.8, 4) is 0 Å². The Morgan fingerprint density at radius 3 is 1.53 bits per heavy atom. The zero-order chi connectivity index (χ0) is 22.3. The molecule has 4 N–H and O–H groups in total. The normalized spacial score (nSPS) is 12.1. The van der Waals surface area contributed by atoms with Gasteiger partial charge in [0.15, 0.2) is 0 Å². The van der Waals surface area contributed by atoms with Crippen molar-refractivity contribution in [2.45, 2.75) is 141 Å². The summed E-state index contributed by atoms with van der Waals surface area (Å²) in [7, 11) is 0. The molecule has 0 spiro atoms. The van der Waals surface area contributed by atoms with Crippen LogP contribution in [-0.2, 0) is 9.59 Å². The SMILES string of the molecule is CCCCCCCCCCCCCCCCCCC(=O)N[C@@H](CCCCN)C(=O)O. The van der Waals surface area contributed by atoms with Crippen LogP contribution in [0.2, 0.25) is 0 Å². The molecule has 0 saturated heterocycles. The van der Waals surface area contributed by atoms with Crippen LogP contribution in [0.4, 0.5) is 0 Å². The molecule has 1 atom stereocenters. The molecule has 0 aliphatic heterocycles. The molecule has 0 aromatic carbocycles. The van der Waals surface area contributed by atoms with Crippen LogP contribution < -0.4 is 11.1 Å². The molecule has 5 heteroatoms. The van der Waals surface area contributed by atoms with Gasteiger partial charge in [0.2, 0.25) is 5.91 Å². The first-order chi connectivity index (χ1) is 14.6. The Morgan fingerprint density at radius 1 is 0.700 bits per heavy atom. The first-order valence-corrected chi connectivity index (χ1v) is 12.8. The highest BCUT2D eigenvalue weighted by Crippen LogP contribution is 2.14. The Kier molecular flexibility index (Phi) is 21.8. The number of carboxylic acids is 1. The van der Waals surface area contributed by atoms with Crippen molar-refractivity contribution < 1.29 is 14.7 Å². The van der Waals surface area contributed by atoms with E-state index in [9.17, 15) is 14.7 Å². The van der Waals surface area contributed by atoms with Crippen LogP contribution in [0.25, 0.3) is 0 Å². The molecule has 5 nitrogen and oxygen atoms in total. The summed E-state index contributed by atoms with van der Waals surface area (Å²) in [5.41, 5.74) is 5.43. The number of carbonyl (C=O) groups is 2. The predicted molar refractivity (Wildman–Crippen MR) is 127 cm³/mol. The lowest BCUT2D eigenvalue weighted by atomic mass is 10.0. The van der Waals surface area contributed by atoms with Crippen LogP contribution in [0.3, 0.4) is 0 Å². The van der Waals surface area contributed by atoms with Crippen LogP contribution in [0.1, 0.15) is 135 Å². The number of unbranched alkanes of at least 4 members (excludes halogenated alkanes) is 16. The lowest BCUT2D eigenvalue weighted by Gasteiger charge is -2.14. The molecule has 30 heavy (non-hydrogen) atoms. The van der Waals surface area contributed by atoms with E-state index in [1.165, 1.54) is 89.9 Å². The van der Waals surface area contributed by atoms with Gasteiger partial charge in [0.1, 0.15) is 6.04 Å². The summed E-state index contributed by atoms with van der Waals surface area (Å²) in [6.45, 7) is 2.82. The Morgan fingerprint density at radius 2 is 1.13 bits per heavy atom. The van der Waals surface area contributed by atoms with Gasteiger partial charge in [-0.05, 0) is 32.2 Å². The maximum Gasteiger partial charge on any atom is 0.326 e. The number of nitrogens with two attached hydrogens (primary N) is 1. The van der Waals surface area contributed by atoms with E-state index < -0.39 is 12.0 Å². The fourth-order valence-electron chi connectivity index (χ4n) is 3.85. The van der Waals surface area contributed by atoms with E-state index in [0.29, 0.717) is 19.4 Å². The zero-order valence-electron chi connectivity index (χ0n) is 19.8. The second-order valence-corrected chi connectivity index (χ2v) is 8.80. The standard InChI is InChI=1S/C25H50N2O3/c1-2-3-4-5-6-7-8-9-10-11-12-13-14-15-16-17-21-24(28)27-23(25(29)30)20-18-19-22-26/h23H,2-22,26H2,1H3,(H,27,28)(H,29,30)/t23-/m0/s1. The van der Waals surface area contributed by atoms with E-state index >= 15 is 0 Å². The van der Waals surface area contributed by atoms with Crippen LogP contribution in [0.5, 0.6) is 0 Å². The van der Waals surface area contributed by atoms with E-state index in [4.69, 9.17) is 5.73 Å². The Labute approximate surface area is 186 Å². The van der Waals surface area contributed by atoms with Crippen LogP contribution in [0.15, 0.2) is 0 Å². The highest BCUT2D eigenvalue weighted by Gasteiger charge is 2.18. The van der Waals surface area contributed by atoms with Gasteiger partial charge in [0.25, 0.3) is 0 Å². The molecule has 178 valence electrons. The minimum atomic E-state index is -0.952. The van der Waals surface area contributed by atoms with E-state index in [0.717, 1.165) is 25.7 Å². The molecule has 0 rings (SSSR count). The summed E-state index contributed by atoms with van der Waals surface area (Å²) in [4.78, 5) is 23.1. The number of nitrogens with one attached hydrogen (secondary N) is 1. The average molecular weight is 427 g/mol. The minimum Gasteiger partial charge on any atom is -0.480 e. The summed E-state index contributed by atoms with van der Waals surface area (Å²) in [6.07, 6.45) is 23.3. The summed E-state index contributed by atoms with van der Waals surface area (Å²) < 4.78 is 0. The maximum atomic E-state index is 11.9. The van der Waals surface area contributed by atoms with E-state index in [1.807, 2.05) is 0 Å². The van der Waals surface area contributed by atoms with Crippen molar-refractivity contribution in [2.75, 3.05) is 6.54 Å². The highest BCUT2D eigenvalue weighted by molar-refractivity contribution is 5.83. The lowest BCUT2D eigenvalue weighted by molar-refractivity contribution is -0.142. The van der Waals surface area contributed by atoms with Gasteiger partial charge in [-0.1, -0.05) is 103 Å². The van der Waals surface area contributed by atoms with E-state index in [-0.39, 0.29) is 5.91 Å². The molecule has 1 amide bonds. The third-order valence-electron chi connectivity index (χ3n) is 5.84. The average Bonchev–Trinajstić information content (AvgIpc) is 2.72. The number of carbonyl (C=O) groups excluding carboxylic acids is 1. The summed E-state index contributed by atoms with van der Waals surface area (Å²) in [5.74, 6) is -1.09. The second-order valence-electron chi connectivity index (χ2n) is 8.80. The van der Waals surface area contributed by atoms with Crippen LogP contribution in [0, 0.1) is 0 Å². The largest absolute Gasteiger partial charge is 0.480 e. The van der Waals surface area contributed by atoms with Crippen molar-refractivity contribution >= 4 is 11.9 Å². The van der Waals surface area contributed by atoms with Gasteiger partial charge in [-0.2, -0.15) is 0 Å². The molecule has 0 aromatic rings. The summed E-state index contributed by atoms with van der Waals surface area (Å²) in [6, 6.07) is -0.773. The fourth-order valence-corrected chi connectivity index (χ4v) is 3.85. The van der Waals surface area contributed by atoms with Gasteiger partial charge in [-0.15, -0.1) is 0 Å². The minimum absolute atomic E-state index is 0.138. The number of amides is 1. The third kappa shape index (κ3) is 20.2. The molecule has 0 bridgehead atoms. The number of hydrogen-bond donors (Lipinski definition) is 3. The second kappa shape index (κ2) is 22.6. The first-order valence-electron chi connectivity index (χ1n) is 12.8. The van der Waals surface area contributed by atoms with E-state index in [2.05, 4.69) is 12.2 Å². The molecule has 0 heterocycles. The Bertz CT molecular complexity index is 402. The van der Waals surface area contributed by atoms with Crippen molar-refractivity contribution in [1.82, 2.24) is 5.32 Å². The lowest BCUT2D eigenvalue weighted by Crippen LogP contribution is -2.40. The zero-order valence-corrected chi connectivity index (χ0v) is 19.8. The van der Waals surface area contributed by atoms with Crippen molar-refractivity contribution in [3.63, 3.8) is 0 Å². The number of hydrogen-bond acceptors (Lipinski definition) is 3. The molecule has 0 aromatic heterocycles. The first kappa shape index (κ1) is 28.9. The number of carboxylic acid groups (broad SMARTS) is 1. The molecular weight excluding hydrogens is 376 g/mol. The van der Waals surface area contributed by atoms with E-state index in [1.54, 1.807) is 0 Å². The van der Waals surface area contributed by atoms with Crippen LogP contribution in [-0.4, -0.2) is 29.6 Å². The molecule has 0 saturated carbocycles. The van der Waals surface area contributed by atoms with Gasteiger partial charge >= 0.3 is 5.97 Å². The third-order valence-corrected chi connectivity index (χ3v) is 5.84. The Balaban J connectivity index is 3.40. The molecule has 0 aliphatic rings. The van der Waals surface area contributed by atoms with Crippen molar-refractivity contribution in [1.29, 1.82) is 0 Å².